The highest BCUT2D eigenvalue weighted by Gasteiger charge is 2.17. The molecule has 1 heterocycles. The predicted octanol–water partition coefficient (Wildman–Crippen LogP) is 2.41. The summed E-state index contributed by atoms with van der Waals surface area (Å²) in [5, 5.41) is 0. The molecule has 2 nitrogen and oxygen atoms in total. The third-order valence-corrected chi connectivity index (χ3v) is 2.14. The van der Waals surface area contributed by atoms with E-state index in [1.165, 1.54) is 5.56 Å². The third-order valence-electron chi connectivity index (χ3n) is 2.14. The Morgan fingerprint density at radius 3 is 2.92 bits per heavy atom. The van der Waals surface area contributed by atoms with Crippen molar-refractivity contribution in [3.8, 4) is 5.75 Å². The zero-order chi connectivity index (χ0) is 8.39. The van der Waals surface area contributed by atoms with Crippen molar-refractivity contribution in [2.75, 3.05) is 7.11 Å². The van der Waals surface area contributed by atoms with E-state index in [0.717, 1.165) is 18.6 Å². The summed E-state index contributed by atoms with van der Waals surface area (Å²) in [6, 6.07) is 8.11. The minimum Gasteiger partial charge on any atom is -0.465 e. The molecular weight excluding hydrogens is 188 g/mol. The average Bonchev–Trinajstić information content (AvgIpc) is 2.17. The summed E-state index contributed by atoms with van der Waals surface area (Å²) in [6.07, 6.45) is 1.95. The van der Waals surface area contributed by atoms with Crippen molar-refractivity contribution in [1.82, 2.24) is 0 Å². The molecule has 13 heavy (non-hydrogen) atoms. The van der Waals surface area contributed by atoms with Crippen molar-refractivity contribution < 1.29 is 9.47 Å². The third kappa shape index (κ3) is 2.14. The lowest BCUT2D eigenvalue weighted by molar-refractivity contribution is -0.0653. The van der Waals surface area contributed by atoms with E-state index in [1.54, 1.807) is 7.11 Å². The Morgan fingerprint density at radius 1 is 1.38 bits per heavy atom. The number of aryl methyl sites for hydroxylation is 1. The van der Waals surface area contributed by atoms with E-state index in [2.05, 4.69) is 6.07 Å². The first-order valence-electron chi connectivity index (χ1n) is 4.17. The van der Waals surface area contributed by atoms with Gasteiger partial charge in [0.1, 0.15) is 5.75 Å². The number of hydrogen-bond donors (Lipinski definition) is 0. The summed E-state index contributed by atoms with van der Waals surface area (Å²) in [6.45, 7) is 0. The molecule has 0 aromatic heterocycles. The second kappa shape index (κ2) is 4.49. The number of hydrogen-bond acceptors (Lipinski definition) is 2. The fraction of sp³-hybridized carbons (Fsp3) is 0.400. The quantitative estimate of drug-likeness (QED) is 0.693. The standard InChI is InChI=1S/C10H12O2.ClH/c1-11-10-7-6-8-4-2-3-5-9(8)12-10;/h2-5,10H,6-7H2,1H3;1H. The maximum absolute atomic E-state index is 5.56. The zero-order valence-electron chi connectivity index (χ0n) is 7.53. The molecule has 0 radical (unpaired) electrons. The van der Waals surface area contributed by atoms with Gasteiger partial charge in [0.2, 0.25) is 0 Å². The highest BCUT2D eigenvalue weighted by molar-refractivity contribution is 5.85. The van der Waals surface area contributed by atoms with Gasteiger partial charge in [-0.3, -0.25) is 0 Å². The molecular formula is C10H13ClO2. The largest absolute Gasteiger partial charge is 0.465 e. The lowest BCUT2D eigenvalue weighted by atomic mass is 10.1. The van der Waals surface area contributed by atoms with E-state index in [4.69, 9.17) is 9.47 Å². The van der Waals surface area contributed by atoms with Crippen molar-refractivity contribution >= 4 is 12.4 Å². The Hall–Kier alpha value is -0.730. The SMILES string of the molecule is COC1CCc2ccccc2O1.Cl. The van der Waals surface area contributed by atoms with Gasteiger partial charge in [-0.05, 0) is 18.1 Å². The number of methoxy groups -OCH3 is 1. The Kier molecular flexibility index (Phi) is 3.58. The Bertz CT molecular complexity index is 275. The highest BCUT2D eigenvalue weighted by atomic mass is 35.5. The fourth-order valence-corrected chi connectivity index (χ4v) is 1.47. The second-order valence-corrected chi connectivity index (χ2v) is 2.93. The lowest BCUT2D eigenvalue weighted by Crippen LogP contribution is -2.23. The van der Waals surface area contributed by atoms with Crippen LogP contribution in [0.25, 0.3) is 0 Å². The van der Waals surface area contributed by atoms with Crippen LogP contribution in [-0.2, 0) is 11.2 Å². The van der Waals surface area contributed by atoms with Gasteiger partial charge in [0.05, 0.1) is 0 Å². The van der Waals surface area contributed by atoms with Crippen LogP contribution in [0.15, 0.2) is 24.3 Å². The van der Waals surface area contributed by atoms with E-state index in [0.29, 0.717) is 0 Å². The smallest absolute Gasteiger partial charge is 0.199 e. The van der Waals surface area contributed by atoms with Crippen LogP contribution in [0.4, 0.5) is 0 Å². The number of halogens is 1. The summed E-state index contributed by atoms with van der Waals surface area (Å²) in [4.78, 5) is 0. The lowest BCUT2D eigenvalue weighted by Gasteiger charge is -2.24. The molecule has 1 aromatic rings. The molecule has 1 atom stereocenters. The van der Waals surface area contributed by atoms with Crippen molar-refractivity contribution in [2.45, 2.75) is 19.1 Å². The molecule has 0 saturated heterocycles. The molecule has 1 aromatic carbocycles. The van der Waals surface area contributed by atoms with Crippen molar-refractivity contribution in [3.63, 3.8) is 0 Å². The van der Waals surface area contributed by atoms with E-state index >= 15 is 0 Å². The minimum atomic E-state index is -0.0556. The van der Waals surface area contributed by atoms with Gasteiger partial charge < -0.3 is 9.47 Å². The molecule has 2 rings (SSSR count). The van der Waals surface area contributed by atoms with Crippen LogP contribution >= 0.6 is 12.4 Å². The summed E-state index contributed by atoms with van der Waals surface area (Å²) < 4.78 is 10.7. The van der Waals surface area contributed by atoms with Crippen molar-refractivity contribution in [3.05, 3.63) is 29.8 Å². The van der Waals surface area contributed by atoms with Gasteiger partial charge in [-0.1, -0.05) is 18.2 Å². The Labute approximate surface area is 84.3 Å². The number of fused-ring (bicyclic) bond motifs is 1. The number of benzene rings is 1. The molecule has 3 heteroatoms. The Morgan fingerprint density at radius 2 is 2.15 bits per heavy atom. The minimum absolute atomic E-state index is 0. The monoisotopic (exact) mass is 200 g/mol. The maximum Gasteiger partial charge on any atom is 0.199 e. The van der Waals surface area contributed by atoms with Crippen LogP contribution in [0, 0.1) is 0 Å². The zero-order valence-corrected chi connectivity index (χ0v) is 8.34. The molecule has 0 spiro atoms. The van der Waals surface area contributed by atoms with Gasteiger partial charge in [0.25, 0.3) is 0 Å². The summed E-state index contributed by atoms with van der Waals surface area (Å²) in [7, 11) is 1.68. The van der Waals surface area contributed by atoms with Crippen LogP contribution in [0.2, 0.25) is 0 Å². The van der Waals surface area contributed by atoms with Gasteiger partial charge in [-0.25, -0.2) is 0 Å². The molecule has 0 amide bonds. The highest BCUT2D eigenvalue weighted by Crippen LogP contribution is 2.26. The molecule has 1 unspecified atom stereocenters. The van der Waals surface area contributed by atoms with E-state index in [9.17, 15) is 0 Å². The predicted molar refractivity (Wildman–Crippen MR) is 53.4 cm³/mol. The average molecular weight is 201 g/mol. The Balaban J connectivity index is 0.000000845. The molecule has 0 N–H and O–H groups in total. The van der Waals surface area contributed by atoms with Crippen LogP contribution in [0.3, 0.4) is 0 Å². The van der Waals surface area contributed by atoms with Crippen LogP contribution < -0.4 is 4.74 Å². The number of rotatable bonds is 1. The summed E-state index contributed by atoms with van der Waals surface area (Å²) >= 11 is 0. The molecule has 1 aliphatic heterocycles. The van der Waals surface area contributed by atoms with Crippen LogP contribution in [0.5, 0.6) is 5.75 Å². The van der Waals surface area contributed by atoms with Gasteiger partial charge in [0.15, 0.2) is 6.29 Å². The van der Waals surface area contributed by atoms with E-state index in [1.807, 2.05) is 18.2 Å². The van der Waals surface area contributed by atoms with Gasteiger partial charge in [-0.2, -0.15) is 0 Å². The number of ether oxygens (including phenoxy) is 2. The molecule has 0 bridgehead atoms. The van der Waals surface area contributed by atoms with Gasteiger partial charge in [0, 0.05) is 13.5 Å². The summed E-state index contributed by atoms with van der Waals surface area (Å²) in [5.41, 5.74) is 1.28. The first-order valence-corrected chi connectivity index (χ1v) is 4.17. The van der Waals surface area contributed by atoms with Crippen molar-refractivity contribution in [2.24, 2.45) is 0 Å². The fourth-order valence-electron chi connectivity index (χ4n) is 1.47. The summed E-state index contributed by atoms with van der Waals surface area (Å²) in [5.74, 6) is 0.968. The number of para-hydroxylation sites is 1. The molecule has 72 valence electrons. The van der Waals surface area contributed by atoms with E-state index < -0.39 is 0 Å². The first-order chi connectivity index (χ1) is 5.90. The normalized spacial score (nSPS) is 19.6. The van der Waals surface area contributed by atoms with Gasteiger partial charge in [-0.15, -0.1) is 12.4 Å². The maximum atomic E-state index is 5.56. The molecule has 0 fully saturated rings. The molecule has 0 aliphatic carbocycles. The molecule has 0 saturated carbocycles. The van der Waals surface area contributed by atoms with Crippen molar-refractivity contribution in [1.29, 1.82) is 0 Å². The van der Waals surface area contributed by atoms with Gasteiger partial charge >= 0.3 is 0 Å². The van der Waals surface area contributed by atoms with Crippen LogP contribution in [-0.4, -0.2) is 13.4 Å². The second-order valence-electron chi connectivity index (χ2n) is 2.93. The topological polar surface area (TPSA) is 18.5 Å². The first kappa shape index (κ1) is 10.4. The molecule has 1 aliphatic rings. The van der Waals surface area contributed by atoms with Crippen LogP contribution in [0.1, 0.15) is 12.0 Å². The van der Waals surface area contributed by atoms with E-state index in [-0.39, 0.29) is 18.7 Å².